The average molecular weight is 242 g/mol. The van der Waals surface area contributed by atoms with Crippen LogP contribution in [0.4, 0.5) is 11.5 Å². The van der Waals surface area contributed by atoms with Crippen molar-refractivity contribution in [3.8, 4) is 5.75 Å². The second-order valence-electron chi connectivity index (χ2n) is 4.11. The van der Waals surface area contributed by atoms with Crippen LogP contribution in [0.1, 0.15) is 11.3 Å². The van der Waals surface area contributed by atoms with Crippen LogP contribution < -0.4 is 15.4 Å². The van der Waals surface area contributed by atoms with Gasteiger partial charge < -0.3 is 15.4 Å². The lowest BCUT2D eigenvalue weighted by molar-refractivity contribution is 0.415. The first kappa shape index (κ1) is 11.0. The Morgan fingerprint density at radius 3 is 3.11 bits per heavy atom. The standard InChI is InChI=1S/C13H14N4O/c1-18-10-4-2-3-9(5-10)17-13-11-6-14-7-12(11)15-8-16-13/h2-5,8,14H,6-7H2,1H3,(H,15,16,17). The minimum Gasteiger partial charge on any atom is -0.497 e. The van der Waals surface area contributed by atoms with Gasteiger partial charge >= 0.3 is 0 Å². The zero-order chi connectivity index (χ0) is 12.4. The molecule has 1 aromatic carbocycles. The van der Waals surface area contributed by atoms with Crippen LogP contribution >= 0.6 is 0 Å². The van der Waals surface area contributed by atoms with Gasteiger partial charge in [0.25, 0.3) is 0 Å². The molecule has 0 bridgehead atoms. The fourth-order valence-corrected chi connectivity index (χ4v) is 2.04. The molecule has 0 saturated carbocycles. The maximum atomic E-state index is 5.20. The maximum Gasteiger partial charge on any atom is 0.138 e. The summed E-state index contributed by atoms with van der Waals surface area (Å²) in [5.74, 6) is 1.68. The van der Waals surface area contributed by atoms with Crippen LogP contribution in [0.15, 0.2) is 30.6 Å². The number of hydrogen-bond donors (Lipinski definition) is 2. The summed E-state index contributed by atoms with van der Waals surface area (Å²) >= 11 is 0. The zero-order valence-corrected chi connectivity index (χ0v) is 10.1. The lowest BCUT2D eigenvalue weighted by Gasteiger charge is -2.10. The summed E-state index contributed by atoms with van der Waals surface area (Å²) in [6.45, 7) is 1.62. The molecule has 5 heteroatoms. The van der Waals surface area contributed by atoms with Gasteiger partial charge in [0.1, 0.15) is 17.9 Å². The number of benzene rings is 1. The van der Waals surface area contributed by atoms with E-state index in [1.807, 2.05) is 24.3 Å². The lowest BCUT2D eigenvalue weighted by atomic mass is 10.2. The van der Waals surface area contributed by atoms with Crippen LogP contribution in [0.3, 0.4) is 0 Å². The van der Waals surface area contributed by atoms with E-state index in [9.17, 15) is 0 Å². The first-order chi connectivity index (χ1) is 8.86. The molecular weight excluding hydrogens is 228 g/mol. The van der Waals surface area contributed by atoms with Crippen molar-refractivity contribution in [3.63, 3.8) is 0 Å². The Labute approximate surface area is 105 Å². The third-order valence-electron chi connectivity index (χ3n) is 2.96. The van der Waals surface area contributed by atoms with Crippen LogP contribution in [0.5, 0.6) is 5.75 Å². The van der Waals surface area contributed by atoms with E-state index in [0.717, 1.165) is 41.6 Å². The highest BCUT2D eigenvalue weighted by atomic mass is 16.5. The molecule has 5 nitrogen and oxygen atoms in total. The van der Waals surface area contributed by atoms with Gasteiger partial charge in [-0.25, -0.2) is 9.97 Å². The molecule has 2 N–H and O–H groups in total. The van der Waals surface area contributed by atoms with E-state index in [2.05, 4.69) is 20.6 Å². The number of aromatic nitrogens is 2. The van der Waals surface area contributed by atoms with E-state index in [1.54, 1.807) is 13.4 Å². The summed E-state index contributed by atoms with van der Waals surface area (Å²) in [5, 5.41) is 6.58. The van der Waals surface area contributed by atoms with Gasteiger partial charge in [0.2, 0.25) is 0 Å². The molecule has 0 amide bonds. The molecule has 2 aromatic rings. The highest BCUT2D eigenvalue weighted by Crippen LogP contribution is 2.25. The van der Waals surface area contributed by atoms with Crippen LogP contribution in [0, 0.1) is 0 Å². The number of rotatable bonds is 3. The smallest absolute Gasteiger partial charge is 0.138 e. The van der Waals surface area contributed by atoms with Gasteiger partial charge in [-0.15, -0.1) is 0 Å². The van der Waals surface area contributed by atoms with Gasteiger partial charge in [-0.1, -0.05) is 6.07 Å². The third-order valence-corrected chi connectivity index (χ3v) is 2.96. The molecule has 1 aromatic heterocycles. The van der Waals surface area contributed by atoms with Gasteiger partial charge in [0.15, 0.2) is 0 Å². The maximum absolute atomic E-state index is 5.20. The van der Waals surface area contributed by atoms with E-state index in [4.69, 9.17) is 4.74 Å². The number of anilines is 2. The Hall–Kier alpha value is -2.14. The fraction of sp³-hybridized carbons (Fsp3) is 0.231. The van der Waals surface area contributed by atoms with Crippen LogP contribution in [0.2, 0.25) is 0 Å². The zero-order valence-electron chi connectivity index (χ0n) is 10.1. The van der Waals surface area contributed by atoms with E-state index in [-0.39, 0.29) is 0 Å². The van der Waals surface area contributed by atoms with Gasteiger partial charge in [-0.2, -0.15) is 0 Å². The van der Waals surface area contributed by atoms with Crippen molar-refractivity contribution >= 4 is 11.5 Å². The van der Waals surface area contributed by atoms with Crippen LogP contribution in [-0.4, -0.2) is 17.1 Å². The van der Waals surface area contributed by atoms with Crippen LogP contribution in [0.25, 0.3) is 0 Å². The van der Waals surface area contributed by atoms with Crippen molar-refractivity contribution in [1.29, 1.82) is 0 Å². The number of fused-ring (bicyclic) bond motifs is 1. The van der Waals surface area contributed by atoms with Gasteiger partial charge in [-0.05, 0) is 12.1 Å². The normalized spacial score (nSPS) is 13.2. The van der Waals surface area contributed by atoms with Crippen molar-refractivity contribution in [2.24, 2.45) is 0 Å². The second-order valence-corrected chi connectivity index (χ2v) is 4.11. The van der Waals surface area contributed by atoms with E-state index in [0.29, 0.717) is 0 Å². The molecule has 18 heavy (non-hydrogen) atoms. The molecule has 92 valence electrons. The van der Waals surface area contributed by atoms with Crippen molar-refractivity contribution in [1.82, 2.24) is 15.3 Å². The lowest BCUT2D eigenvalue weighted by Crippen LogP contribution is -2.02. The summed E-state index contributed by atoms with van der Waals surface area (Å²) in [5.41, 5.74) is 3.16. The molecule has 0 unspecified atom stereocenters. The van der Waals surface area contributed by atoms with Crippen molar-refractivity contribution in [2.45, 2.75) is 13.1 Å². The van der Waals surface area contributed by atoms with E-state index in [1.165, 1.54) is 0 Å². The van der Waals surface area contributed by atoms with Gasteiger partial charge in [0.05, 0.1) is 12.8 Å². The molecule has 0 saturated heterocycles. The van der Waals surface area contributed by atoms with Crippen molar-refractivity contribution < 1.29 is 4.74 Å². The summed E-state index contributed by atoms with van der Waals surface area (Å²) in [4.78, 5) is 8.56. The molecule has 0 radical (unpaired) electrons. The Balaban J connectivity index is 1.90. The third kappa shape index (κ3) is 2.00. The van der Waals surface area contributed by atoms with E-state index >= 15 is 0 Å². The predicted molar refractivity (Wildman–Crippen MR) is 68.9 cm³/mol. The topological polar surface area (TPSA) is 59.1 Å². The largest absolute Gasteiger partial charge is 0.497 e. The quantitative estimate of drug-likeness (QED) is 0.860. The molecule has 0 atom stereocenters. The number of ether oxygens (including phenoxy) is 1. The Morgan fingerprint density at radius 1 is 1.28 bits per heavy atom. The molecular formula is C13H14N4O. The van der Waals surface area contributed by atoms with Gasteiger partial charge in [-0.3, -0.25) is 0 Å². The second kappa shape index (κ2) is 4.62. The molecule has 0 aliphatic carbocycles. The molecule has 1 aliphatic rings. The first-order valence-corrected chi connectivity index (χ1v) is 5.81. The molecule has 0 spiro atoms. The summed E-state index contributed by atoms with van der Waals surface area (Å²) in [6.07, 6.45) is 1.59. The number of nitrogens with zero attached hydrogens (tertiary/aromatic N) is 2. The fourth-order valence-electron chi connectivity index (χ4n) is 2.04. The van der Waals surface area contributed by atoms with E-state index < -0.39 is 0 Å². The SMILES string of the molecule is COc1cccc(Nc2ncnc3c2CNC3)c1. The molecule has 2 heterocycles. The number of hydrogen-bond acceptors (Lipinski definition) is 5. The minimum absolute atomic E-state index is 0.808. The van der Waals surface area contributed by atoms with Gasteiger partial charge in [0, 0.05) is 30.4 Å². The Kier molecular flexibility index (Phi) is 2.82. The molecule has 0 fully saturated rings. The van der Waals surface area contributed by atoms with Crippen LogP contribution in [-0.2, 0) is 13.1 Å². The summed E-state index contributed by atoms with van der Waals surface area (Å²) in [7, 11) is 1.66. The Morgan fingerprint density at radius 2 is 2.22 bits per heavy atom. The highest BCUT2D eigenvalue weighted by molar-refractivity contribution is 5.61. The van der Waals surface area contributed by atoms with Crippen molar-refractivity contribution in [2.75, 3.05) is 12.4 Å². The minimum atomic E-state index is 0.808. The summed E-state index contributed by atoms with van der Waals surface area (Å²) < 4.78 is 5.20. The predicted octanol–water partition coefficient (Wildman–Crippen LogP) is 1.83. The average Bonchev–Trinajstić information content (AvgIpc) is 2.88. The molecule has 1 aliphatic heterocycles. The monoisotopic (exact) mass is 242 g/mol. The highest BCUT2D eigenvalue weighted by Gasteiger charge is 2.16. The first-order valence-electron chi connectivity index (χ1n) is 5.81. The molecule has 3 rings (SSSR count). The van der Waals surface area contributed by atoms with Crippen molar-refractivity contribution in [3.05, 3.63) is 41.9 Å². The number of methoxy groups -OCH3 is 1. The Bertz CT molecular complexity index is 571. The summed E-state index contributed by atoms with van der Waals surface area (Å²) in [6, 6.07) is 7.79. The number of nitrogens with one attached hydrogen (secondary N) is 2.